The topological polar surface area (TPSA) is 21.5 Å². The van der Waals surface area contributed by atoms with Crippen LogP contribution < -0.4 is 17.3 Å². The first-order valence-corrected chi connectivity index (χ1v) is 3.94. The largest absolute Gasteiger partial charge is 1.00 e. The molecule has 1 aromatic carbocycles. The van der Waals surface area contributed by atoms with E-state index in [0.717, 1.165) is 16.2 Å². The molecule has 0 radical (unpaired) electrons. The molecule has 0 aliphatic carbocycles. The molecule has 0 fully saturated rings. The summed E-state index contributed by atoms with van der Waals surface area (Å²) in [5, 5.41) is 0. The molecule has 1 aliphatic rings. The molecule has 1 N–H and O–H groups in total. The number of hydrogen-bond donors (Lipinski definition) is 1. The molecule has 0 amide bonds. The van der Waals surface area contributed by atoms with Crippen LogP contribution in [0.4, 0.5) is 5.69 Å². The summed E-state index contributed by atoms with van der Waals surface area (Å²) in [7, 11) is 2.02. The van der Waals surface area contributed by atoms with Crippen molar-refractivity contribution in [1.29, 1.82) is 0 Å². The van der Waals surface area contributed by atoms with Crippen molar-refractivity contribution in [2.45, 2.75) is 0 Å². The Morgan fingerprint density at radius 3 is 2.62 bits per heavy atom. The summed E-state index contributed by atoms with van der Waals surface area (Å²) in [5.74, 6) is 0.108. The Labute approximate surface area is 83.3 Å². The van der Waals surface area contributed by atoms with Gasteiger partial charge in [0.05, 0.1) is 12.6 Å². The van der Waals surface area contributed by atoms with Gasteiger partial charge in [-0.1, -0.05) is 12.1 Å². The minimum atomic E-state index is 0. The highest BCUT2D eigenvalue weighted by molar-refractivity contribution is 6.07. The molecule has 3 heteroatoms. The number of fused-ring (bicyclic) bond motifs is 1. The van der Waals surface area contributed by atoms with Crippen molar-refractivity contribution in [1.82, 2.24) is 0 Å². The SMILES string of the molecule is C[NH+]1C=CC(=O)c2ccccc21.[Cl-]. The number of nitrogens with one attached hydrogen (secondary N) is 1. The molecule has 0 saturated carbocycles. The van der Waals surface area contributed by atoms with Gasteiger partial charge in [0.15, 0.2) is 5.78 Å². The number of para-hydroxylation sites is 1. The van der Waals surface area contributed by atoms with Crippen LogP contribution in [-0.2, 0) is 0 Å². The molecule has 0 saturated heterocycles. The normalized spacial score (nSPS) is 19.2. The summed E-state index contributed by atoms with van der Waals surface area (Å²) in [5.41, 5.74) is 1.88. The highest BCUT2D eigenvalue weighted by Crippen LogP contribution is 2.13. The van der Waals surface area contributed by atoms with Gasteiger partial charge in [-0.25, -0.2) is 0 Å². The zero-order valence-corrected chi connectivity index (χ0v) is 8.01. The van der Waals surface area contributed by atoms with E-state index in [1.165, 1.54) is 0 Å². The molecule has 0 aromatic heterocycles. The van der Waals surface area contributed by atoms with Crippen LogP contribution in [0, 0.1) is 0 Å². The Morgan fingerprint density at radius 2 is 1.92 bits per heavy atom. The molecule has 1 heterocycles. The molecule has 1 aliphatic heterocycles. The molecule has 13 heavy (non-hydrogen) atoms. The van der Waals surface area contributed by atoms with Crippen molar-refractivity contribution in [3.05, 3.63) is 42.1 Å². The van der Waals surface area contributed by atoms with Crippen LogP contribution in [0.1, 0.15) is 10.4 Å². The monoisotopic (exact) mass is 195 g/mol. The molecule has 1 unspecified atom stereocenters. The predicted molar refractivity (Wildman–Crippen MR) is 46.5 cm³/mol. The lowest BCUT2D eigenvalue weighted by atomic mass is 10.1. The summed E-state index contributed by atoms with van der Waals surface area (Å²) in [6.07, 6.45) is 3.49. The number of halogens is 1. The van der Waals surface area contributed by atoms with E-state index in [4.69, 9.17) is 0 Å². The predicted octanol–water partition coefficient (Wildman–Crippen LogP) is -2.45. The third-order valence-corrected chi connectivity index (χ3v) is 2.10. The zero-order chi connectivity index (χ0) is 8.55. The van der Waals surface area contributed by atoms with E-state index in [0.29, 0.717) is 0 Å². The van der Waals surface area contributed by atoms with Gasteiger partial charge in [0.1, 0.15) is 11.9 Å². The van der Waals surface area contributed by atoms with E-state index in [2.05, 4.69) is 0 Å². The maximum atomic E-state index is 11.3. The van der Waals surface area contributed by atoms with Gasteiger partial charge in [0, 0.05) is 12.1 Å². The van der Waals surface area contributed by atoms with Gasteiger partial charge in [-0.3, -0.25) is 9.69 Å². The second kappa shape index (κ2) is 3.73. The number of rotatable bonds is 0. The average molecular weight is 196 g/mol. The van der Waals surface area contributed by atoms with E-state index >= 15 is 0 Å². The smallest absolute Gasteiger partial charge is 0.197 e. The van der Waals surface area contributed by atoms with E-state index in [1.807, 2.05) is 37.5 Å². The van der Waals surface area contributed by atoms with Crippen molar-refractivity contribution in [2.24, 2.45) is 0 Å². The fourth-order valence-electron chi connectivity index (χ4n) is 1.42. The Balaban J connectivity index is 0.000000845. The lowest BCUT2D eigenvalue weighted by Gasteiger charge is -2.14. The van der Waals surface area contributed by atoms with Crippen LogP contribution in [0.25, 0.3) is 0 Å². The number of benzene rings is 1. The van der Waals surface area contributed by atoms with Crippen LogP contribution >= 0.6 is 0 Å². The van der Waals surface area contributed by atoms with Gasteiger partial charge in [-0.15, -0.1) is 0 Å². The van der Waals surface area contributed by atoms with Crippen LogP contribution in [0.5, 0.6) is 0 Å². The van der Waals surface area contributed by atoms with Crippen molar-refractivity contribution in [2.75, 3.05) is 7.05 Å². The van der Waals surface area contributed by atoms with Crippen LogP contribution in [0.3, 0.4) is 0 Å². The summed E-state index contributed by atoms with van der Waals surface area (Å²) in [6.45, 7) is 0. The molecule has 0 bridgehead atoms. The highest BCUT2D eigenvalue weighted by Gasteiger charge is 2.19. The molecule has 1 atom stereocenters. The van der Waals surface area contributed by atoms with Crippen molar-refractivity contribution >= 4 is 11.5 Å². The maximum absolute atomic E-state index is 11.3. The molecular formula is C10H10ClNO. The van der Waals surface area contributed by atoms with E-state index in [-0.39, 0.29) is 18.2 Å². The van der Waals surface area contributed by atoms with Crippen molar-refractivity contribution in [3.8, 4) is 0 Å². The molecule has 0 spiro atoms. The number of allylic oxidation sites excluding steroid dienone is 1. The lowest BCUT2D eigenvalue weighted by molar-refractivity contribution is -0.751. The average Bonchev–Trinajstić information content (AvgIpc) is 2.12. The fourth-order valence-corrected chi connectivity index (χ4v) is 1.42. The van der Waals surface area contributed by atoms with Crippen LogP contribution in [0.2, 0.25) is 0 Å². The third-order valence-electron chi connectivity index (χ3n) is 2.10. The standard InChI is InChI=1S/C10H9NO.ClH/c1-11-7-6-10(12)8-4-2-3-5-9(8)11;/h2-7H,1H3;1H. The zero-order valence-electron chi connectivity index (χ0n) is 7.25. The van der Waals surface area contributed by atoms with Gasteiger partial charge in [0.2, 0.25) is 0 Å². The van der Waals surface area contributed by atoms with Crippen LogP contribution in [-0.4, -0.2) is 12.8 Å². The number of carbonyl (C=O) groups is 1. The summed E-state index contributed by atoms with van der Waals surface area (Å²) >= 11 is 0. The molecule has 68 valence electrons. The Kier molecular flexibility index (Phi) is 2.86. The number of hydrogen-bond acceptors (Lipinski definition) is 1. The fraction of sp³-hybridized carbons (Fsp3) is 0.100. The van der Waals surface area contributed by atoms with E-state index in [1.54, 1.807) is 6.08 Å². The number of ketones is 1. The van der Waals surface area contributed by atoms with Crippen LogP contribution in [0.15, 0.2) is 36.5 Å². The van der Waals surface area contributed by atoms with Gasteiger partial charge in [-0.2, -0.15) is 0 Å². The Hall–Kier alpha value is -1.12. The first-order chi connectivity index (χ1) is 5.79. The molecule has 2 rings (SSSR count). The third kappa shape index (κ3) is 1.64. The first-order valence-electron chi connectivity index (χ1n) is 3.94. The van der Waals surface area contributed by atoms with Gasteiger partial charge >= 0.3 is 0 Å². The first kappa shape index (κ1) is 9.96. The lowest BCUT2D eigenvalue weighted by Crippen LogP contribution is -3.00. The molecule has 1 aromatic rings. The maximum Gasteiger partial charge on any atom is 0.197 e. The Morgan fingerprint density at radius 1 is 1.23 bits per heavy atom. The van der Waals surface area contributed by atoms with E-state index in [9.17, 15) is 4.79 Å². The quantitative estimate of drug-likeness (QED) is 0.488. The second-order valence-electron chi connectivity index (χ2n) is 2.93. The summed E-state index contributed by atoms with van der Waals surface area (Å²) in [6, 6.07) is 7.69. The minimum Gasteiger partial charge on any atom is -1.00 e. The molecular weight excluding hydrogens is 186 g/mol. The minimum absolute atomic E-state index is 0. The summed E-state index contributed by atoms with van der Waals surface area (Å²) in [4.78, 5) is 12.5. The number of carbonyl (C=O) groups excluding carboxylic acids is 1. The highest BCUT2D eigenvalue weighted by atomic mass is 35.5. The van der Waals surface area contributed by atoms with Gasteiger partial charge in [-0.05, 0) is 6.07 Å². The van der Waals surface area contributed by atoms with Crippen molar-refractivity contribution < 1.29 is 22.1 Å². The van der Waals surface area contributed by atoms with Gasteiger partial charge in [0.25, 0.3) is 0 Å². The Bertz CT molecular complexity index is 360. The molecule has 2 nitrogen and oxygen atoms in total. The van der Waals surface area contributed by atoms with E-state index < -0.39 is 0 Å². The van der Waals surface area contributed by atoms with Gasteiger partial charge < -0.3 is 12.4 Å². The number of quaternary nitrogens is 1. The summed E-state index contributed by atoms with van der Waals surface area (Å²) < 4.78 is 0. The second-order valence-corrected chi connectivity index (χ2v) is 2.93. The van der Waals surface area contributed by atoms with Crippen molar-refractivity contribution in [3.63, 3.8) is 0 Å².